The first-order valence-corrected chi connectivity index (χ1v) is 6.84. The predicted octanol–water partition coefficient (Wildman–Crippen LogP) is 2.72. The third-order valence-electron chi connectivity index (χ3n) is 3.54. The predicted molar refractivity (Wildman–Crippen MR) is 71.1 cm³/mol. The van der Waals surface area contributed by atoms with Crippen LogP contribution in [0.25, 0.3) is 0 Å². The highest BCUT2D eigenvalue weighted by Crippen LogP contribution is 2.26. The van der Waals surface area contributed by atoms with Gasteiger partial charge in [-0.15, -0.1) is 0 Å². The zero-order valence-corrected chi connectivity index (χ0v) is 12.0. The van der Waals surface area contributed by atoms with E-state index in [2.05, 4.69) is 0 Å². The van der Waals surface area contributed by atoms with Crippen LogP contribution in [0.1, 0.15) is 17.5 Å². The summed E-state index contributed by atoms with van der Waals surface area (Å²) in [4.78, 5) is 21.9. The number of fused-ring (bicyclic) bond motifs is 1. The smallest absolute Gasteiger partial charge is 0.345 e. The van der Waals surface area contributed by atoms with Crippen LogP contribution in [0.5, 0.6) is 0 Å². The normalized spacial score (nSPS) is 17.8. The topological polar surface area (TPSA) is 58.2 Å². The lowest BCUT2D eigenvalue weighted by molar-refractivity contribution is -0.174. The highest BCUT2D eigenvalue weighted by molar-refractivity contribution is 5.95. The molecule has 1 aliphatic rings. The van der Waals surface area contributed by atoms with Gasteiger partial charge in [0.05, 0.1) is 0 Å². The third-order valence-corrected chi connectivity index (χ3v) is 3.54. The summed E-state index contributed by atoms with van der Waals surface area (Å²) in [7, 11) is 0. The molecule has 2 N–H and O–H groups in total. The van der Waals surface area contributed by atoms with Gasteiger partial charge in [0.1, 0.15) is 0 Å². The Bertz CT molecular complexity index is 654. The monoisotopic (exact) mass is 354 g/mol. The van der Waals surface area contributed by atoms with Crippen molar-refractivity contribution < 1.29 is 35.9 Å². The minimum absolute atomic E-state index is 0.0346. The highest BCUT2D eigenvalue weighted by Gasteiger charge is 2.40. The fourth-order valence-corrected chi connectivity index (χ4v) is 2.43. The molecule has 4 nitrogen and oxygen atoms in total. The molecule has 1 aromatic rings. The summed E-state index contributed by atoms with van der Waals surface area (Å²) in [5.74, 6) is -4.20. The minimum atomic E-state index is -5.04. The van der Waals surface area contributed by atoms with E-state index in [4.69, 9.17) is 0 Å². The molecule has 2 amide bonds. The summed E-state index contributed by atoms with van der Waals surface area (Å²) < 4.78 is 73.4. The van der Waals surface area contributed by atoms with Crippen molar-refractivity contribution in [3.05, 3.63) is 29.3 Å². The van der Waals surface area contributed by atoms with E-state index in [1.807, 2.05) is 5.32 Å². The van der Waals surface area contributed by atoms with Crippen LogP contribution in [-0.4, -0.2) is 30.2 Å². The molecule has 0 aliphatic heterocycles. The fraction of sp³-hybridized carbons (Fsp3) is 0.429. The lowest BCUT2D eigenvalue weighted by Crippen LogP contribution is -2.45. The molecule has 1 aromatic carbocycles. The number of carbonyl (C=O) groups is 2. The molecule has 1 aliphatic carbocycles. The number of alkyl halides is 6. The largest absolute Gasteiger partial charge is 0.471 e. The van der Waals surface area contributed by atoms with Crippen molar-refractivity contribution in [2.24, 2.45) is 0 Å². The summed E-state index contributed by atoms with van der Waals surface area (Å²) in [5.41, 5.74) is 1.12. The SMILES string of the molecule is O=C(Nc1ccc2c(c1)CC(NC(=O)C(F)(F)F)CC2)C(F)(F)F. The van der Waals surface area contributed by atoms with E-state index in [0.717, 1.165) is 5.56 Å². The van der Waals surface area contributed by atoms with Crippen LogP contribution in [0.3, 0.4) is 0 Å². The second-order valence-corrected chi connectivity index (χ2v) is 5.35. The molecule has 0 radical (unpaired) electrons. The van der Waals surface area contributed by atoms with Crippen LogP contribution < -0.4 is 10.6 Å². The van der Waals surface area contributed by atoms with Crippen LogP contribution in [-0.2, 0) is 22.4 Å². The van der Waals surface area contributed by atoms with Crippen LogP contribution in [0, 0.1) is 0 Å². The van der Waals surface area contributed by atoms with Gasteiger partial charge in [0.15, 0.2) is 0 Å². The van der Waals surface area contributed by atoms with Gasteiger partial charge in [-0.1, -0.05) is 6.07 Å². The number of amides is 2. The fourth-order valence-electron chi connectivity index (χ4n) is 2.43. The minimum Gasteiger partial charge on any atom is -0.345 e. The van der Waals surface area contributed by atoms with Gasteiger partial charge >= 0.3 is 24.2 Å². The second-order valence-electron chi connectivity index (χ2n) is 5.35. The molecule has 0 heterocycles. The van der Waals surface area contributed by atoms with Crippen LogP contribution in [0.4, 0.5) is 32.0 Å². The van der Waals surface area contributed by atoms with Gasteiger partial charge in [0.2, 0.25) is 0 Å². The van der Waals surface area contributed by atoms with E-state index in [9.17, 15) is 35.9 Å². The number of halogens is 6. The molecule has 2 rings (SSSR count). The van der Waals surface area contributed by atoms with Gasteiger partial charge in [-0.05, 0) is 42.5 Å². The maximum absolute atomic E-state index is 12.3. The Morgan fingerprint density at radius 2 is 1.58 bits per heavy atom. The van der Waals surface area contributed by atoms with E-state index in [0.29, 0.717) is 12.0 Å². The summed E-state index contributed by atoms with van der Waals surface area (Å²) in [5, 5.41) is 3.53. The van der Waals surface area contributed by atoms with Crippen LogP contribution in [0.2, 0.25) is 0 Å². The Morgan fingerprint density at radius 3 is 2.17 bits per heavy atom. The molecule has 0 fully saturated rings. The molecule has 0 saturated heterocycles. The zero-order chi connectivity index (χ0) is 18.1. The number of nitrogens with one attached hydrogen (secondary N) is 2. The molecular formula is C14H12F6N2O2. The molecule has 10 heteroatoms. The maximum Gasteiger partial charge on any atom is 0.471 e. The first-order chi connectivity index (χ1) is 11.0. The van der Waals surface area contributed by atoms with E-state index in [-0.39, 0.29) is 18.5 Å². The van der Waals surface area contributed by atoms with Gasteiger partial charge in [-0.2, -0.15) is 26.3 Å². The van der Waals surface area contributed by atoms with Gasteiger partial charge in [0, 0.05) is 11.7 Å². The van der Waals surface area contributed by atoms with E-state index in [1.165, 1.54) is 18.2 Å². The molecule has 132 valence electrons. The molecule has 0 saturated carbocycles. The molecule has 0 bridgehead atoms. The Hall–Kier alpha value is -2.26. The number of anilines is 1. The standard InChI is InChI=1S/C14H12F6N2O2/c15-13(16,17)11(23)21-9-3-1-7-2-4-10(6-8(7)5-9)22-12(24)14(18,19)20/h1,3,5,10H,2,4,6H2,(H,21,23)(H,22,24). The van der Waals surface area contributed by atoms with Crippen LogP contribution >= 0.6 is 0 Å². The molecular weight excluding hydrogens is 342 g/mol. The van der Waals surface area contributed by atoms with Crippen molar-refractivity contribution in [1.29, 1.82) is 0 Å². The van der Waals surface area contributed by atoms with Gasteiger partial charge in [0.25, 0.3) is 0 Å². The Balaban J connectivity index is 2.09. The Morgan fingerprint density at radius 1 is 0.958 bits per heavy atom. The molecule has 0 aromatic heterocycles. The van der Waals surface area contributed by atoms with Crippen molar-refractivity contribution in [2.45, 2.75) is 37.7 Å². The van der Waals surface area contributed by atoms with Crippen LogP contribution in [0.15, 0.2) is 18.2 Å². The number of benzene rings is 1. The van der Waals surface area contributed by atoms with Crippen molar-refractivity contribution in [3.63, 3.8) is 0 Å². The van der Waals surface area contributed by atoms with E-state index < -0.39 is 30.2 Å². The molecule has 24 heavy (non-hydrogen) atoms. The molecule has 1 unspecified atom stereocenters. The van der Waals surface area contributed by atoms with Crippen molar-refractivity contribution in [1.82, 2.24) is 5.32 Å². The number of rotatable bonds is 2. The van der Waals surface area contributed by atoms with Crippen molar-refractivity contribution >= 4 is 17.5 Å². The number of aryl methyl sites for hydroxylation is 1. The molecule has 0 spiro atoms. The lowest BCUT2D eigenvalue weighted by atomic mass is 9.88. The Labute approximate surface area is 132 Å². The first-order valence-electron chi connectivity index (χ1n) is 6.84. The average molecular weight is 354 g/mol. The summed E-state index contributed by atoms with van der Waals surface area (Å²) in [6.45, 7) is 0. The summed E-state index contributed by atoms with van der Waals surface area (Å²) in [6, 6.07) is 3.28. The maximum atomic E-state index is 12.3. The first kappa shape index (κ1) is 18.1. The van der Waals surface area contributed by atoms with E-state index >= 15 is 0 Å². The molecule has 1 atom stereocenters. The average Bonchev–Trinajstić information content (AvgIpc) is 2.44. The number of carbonyl (C=O) groups excluding carboxylic acids is 2. The van der Waals surface area contributed by atoms with Gasteiger partial charge in [-0.25, -0.2) is 0 Å². The third kappa shape index (κ3) is 4.39. The zero-order valence-electron chi connectivity index (χ0n) is 12.0. The lowest BCUT2D eigenvalue weighted by Gasteiger charge is -2.26. The van der Waals surface area contributed by atoms with Crippen molar-refractivity contribution in [2.75, 3.05) is 5.32 Å². The summed E-state index contributed by atoms with van der Waals surface area (Å²) in [6.07, 6.45) is -9.36. The summed E-state index contributed by atoms with van der Waals surface area (Å²) >= 11 is 0. The number of hydrogen-bond acceptors (Lipinski definition) is 2. The highest BCUT2D eigenvalue weighted by atomic mass is 19.4. The van der Waals surface area contributed by atoms with Gasteiger partial charge < -0.3 is 10.6 Å². The van der Waals surface area contributed by atoms with E-state index in [1.54, 1.807) is 5.32 Å². The quantitative estimate of drug-likeness (QED) is 0.803. The van der Waals surface area contributed by atoms with Gasteiger partial charge in [-0.3, -0.25) is 9.59 Å². The Kier molecular flexibility index (Phi) is 4.77. The number of hydrogen-bond donors (Lipinski definition) is 2. The second kappa shape index (κ2) is 6.33. The van der Waals surface area contributed by atoms with Crippen molar-refractivity contribution in [3.8, 4) is 0 Å².